The quantitative estimate of drug-likeness (QED) is 0.834. The molecule has 1 nitrogen and oxygen atoms in total. The van der Waals surface area contributed by atoms with Crippen LogP contribution in [0.2, 0.25) is 0 Å². The maximum atomic E-state index is 6.37. The maximum absolute atomic E-state index is 6.37. The highest BCUT2D eigenvalue weighted by Gasteiger charge is 2.12. The van der Waals surface area contributed by atoms with Crippen molar-refractivity contribution in [3.8, 4) is 0 Å². The smallest absolute Gasteiger partial charge is 0.0395 e. The van der Waals surface area contributed by atoms with Gasteiger partial charge in [0.1, 0.15) is 0 Å². The molecule has 0 aliphatic carbocycles. The molecule has 0 aliphatic heterocycles. The average Bonchev–Trinajstić information content (AvgIpc) is 2.36. The van der Waals surface area contributed by atoms with Crippen molar-refractivity contribution in [2.45, 2.75) is 31.7 Å². The second-order valence-electron chi connectivity index (χ2n) is 5.04. The average molecular weight is 271 g/mol. The van der Waals surface area contributed by atoms with Crippen LogP contribution >= 0.6 is 11.8 Å². The third-order valence-electron chi connectivity index (χ3n) is 3.28. The van der Waals surface area contributed by atoms with Crippen LogP contribution in [0.1, 0.15) is 28.3 Å². The summed E-state index contributed by atoms with van der Waals surface area (Å²) in [5, 5.41) is 0. The van der Waals surface area contributed by atoms with E-state index in [1.54, 1.807) is 0 Å². The van der Waals surface area contributed by atoms with Crippen molar-refractivity contribution in [2.75, 3.05) is 5.75 Å². The van der Waals surface area contributed by atoms with Gasteiger partial charge in [-0.25, -0.2) is 0 Å². The van der Waals surface area contributed by atoms with Gasteiger partial charge in [0.15, 0.2) is 0 Å². The van der Waals surface area contributed by atoms with E-state index in [4.69, 9.17) is 5.73 Å². The summed E-state index contributed by atoms with van der Waals surface area (Å²) in [6, 6.07) is 15.0. The second-order valence-corrected chi connectivity index (χ2v) is 6.14. The van der Waals surface area contributed by atoms with Gasteiger partial charge >= 0.3 is 0 Å². The van der Waals surface area contributed by atoms with E-state index < -0.39 is 0 Å². The molecule has 1 unspecified atom stereocenters. The van der Waals surface area contributed by atoms with E-state index in [-0.39, 0.29) is 6.04 Å². The van der Waals surface area contributed by atoms with E-state index in [0.29, 0.717) is 0 Å². The van der Waals surface area contributed by atoms with Gasteiger partial charge in [-0.15, -0.1) is 11.8 Å². The first-order chi connectivity index (χ1) is 9.08. The van der Waals surface area contributed by atoms with Crippen LogP contribution in [-0.4, -0.2) is 5.75 Å². The molecule has 1 atom stereocenters. The van der Waals surface area contributed by atoms with Gasteiger partial charge in [0.25, 0.3) is 0 Å². The molecular formula is C17H21NS. The molecule has 2 N–H and O–H groups in total. The fourth-order valence-corrected chi connectivity index (χ4v) is 3.45. The molecule has 0 aromatic heterocycles. The largest absolute Gasteiger partial charge is 0.323 e. The van der Waals surface area contributed by atoms with Crippen LogP contribution in [0.4, 0.5) is 0 Å². The van der Waals surface area contributed by atoms with E-state index in [1.165, 1.54) is 27.1 Å². The van der Waals surface area contributed by atoms with E-state index in [2.05, 4.69) is 57.2 Å². The van der Waals surface area contributed by atoms with Crippen LogP contribution in [0, 0.1) is 20.8 Å². The number of thioether (sulfide) groups is 1. The highest BCUT2D eigenvalue weighted by molar-refractivity contribution is 7.99. The second kappa shape index (κ2) is 6.27. The molecule has 0 saturated heterocycles. The van der Waals surface area contributed by atoms with Crippen molar-refractivity contribution in [1.82, 2.24) is 0 Å². The van der Waals surface area contributed by atoms with Crippen molar-refractivity contribution < 1.29 is 0 Å². The maximum Gasteiger partial charge on any atom is 0.0395 e. The summed E-state index contributed by atoms with van der Waals surface area (Å²) in [6.45, 7) is 6.44. The van der Waals surface area contributed by atoms with Gasteiger partial charge in [-0.3, -0.25) is 0 Å². The highest BCUT2D eigenvalue weighted by atomic mass is 32.2. The molecule has 0 radical (unpaired) electrons. The summed E-state index contributed by atoms with van der Waals surface area (Å²) in [4.78, 5) is 1.28. The highest BCUT2D eigenvalue weighted by Crippen LogP contribution is 2.27. The van der Waals surface area contributed by atoms with E-state index in [9.17, 15) is 0 Å². The minimum Gasteiger partial charge on any atom is -0.323 e. The molecule has 0 bridgehead atoms. The summed E-state index contributed by atoms with van der Waals surface area (Å²) in [7, 11) is 0. The number of rotatable bonds is 4. The van der Waals surface area contributed by atoms with Gasteiger partial charge in [-0.05, 0) is 49.6 Å². The number of aryl methyl sites for hydroxylation is 3. The Labute approximate surface area is 120 Å². The molecule has 100 valence electrons. The normalized spacial score (nSPS) is 12.4. The third kappa shape index (κ3) is 3.62. The molecule has 0 heterocycles. The topological polar surface area (TPSA) is 26.0 Å². The number of nitrogens with two attached hydrogens (primary N) is 1. The molecule has 2 rings (SSSR count). The monoisotopic (exact) mass is 271 g/mol. The lowest BCUT2D eigenvalue weighted by molar-refractivity contribution is 0.813. The van der Waals surface area contributed by atoms with E-state index in [1.807, 2.05) is 17.8 Å². The minimum atomic E-state index is 0.0887. The Hall–Kier alpha value is -1.25. The molecule has 0 fully saturated rings. The lowest BCUT2D eigenvalue weighted by atomic mass is 9.95. The fourth-order valence-electron chi connectivity index (χ4n) is 2.56. The van der Waals surface area contributed by atoms with Crippen molar-refractivity contribution in [3.63, 3.8) is 0 Å². The predicted molar refractivity (Wildman–Crippen MR) is 84.7 cm³/mol. The Morgan fingerprint density at radius 2 is 1.58 bits per heavy atom. The van der Waals surface area contributed by atoms with Crippen LogP contribution < -0.4 is 5.73 Å². The molecule has 2 aromatic rings. The van der Waals surface area contributed by atoms with E-state index in [0.717, 1.165) is 5.75 Å². The third-order valence-corrected chi connectivity index (χ3v) is 4.41. The van der Waals surface area contributed by atoms with Crippen LogP contribution in [-0.2, 0) is 0 Å². The lowest BCUT2D eigenvalue weighted by Gasteiger charge is -2.18. The number of hydrogen-bond acceptors (Lipinski definition) is 2. The first-order valence-electron chi connectivity index (χ1n) is 6.59. The number of benzene rings is 2. The summed E-state index contributed by atoms with van der Waals surface area (Å²) in [6.07, 6.45) is 0. The molecule has 0 saturated carbocycles. The molecular weight excluding hydrogens is 250 g/mol. The van der Waals surface area contributed by atoms with Crippen molar-refractivity contribution in [1.29, 1.82) is 0 Å². The van der Waals surface area contributed by atoms with Gasteiger partial charge < -0.3 is 5.73 Å². The van der Waals surface area contributed by atoms with Gasteiger partial charge in [-0.2, -0.15) is 0 Å². The zero-order valence-electron chi connectivity index (χ0n) is 11.8. The summed E-state index contributed by atoms with van der Waals surface area (Å²) < 4.78 is 0. The van der Waals surface area contributed by atoms with E-state index >= 15 is 0 Å². The Morgan fingerprint density at radius 1 is 1.00 bits per heavy atom. The van der Waals surface area contributed by atoms with Crippen LogP contribution in [0.5, 0.6) is 0 Å². The Bertz CT molecular complexity index is 525. The summed E-state index contributed by atoms with van der Waals surface area (Å²) >= 11 is 1.82. The molecule has 0 amide bonds. The van der Waals surface area contributed by atoms with Crippen molar-refractivity contribution >= 4 is 11.8 Å². The first kappa shape index (κ1) is 14.2. The molecule has 2 heteroatoms. The van der Waals surface area contributed by atoms with Crippen molar-refractivity contribution in [3.05, 3.63) is 64.7 Å². The summed E-state index contributed by atoms with van der Waals surface area (Å²) in [5.41, 5.74) is 11.6. The SMILES string of the molecule is Cc1cc(C)c(C(N)CSc2ccccc2)c(C)c1. The fraction of sp³-hybridized carbons (Fsp3) is 0.294. The number of hydrogen-bond donors (Lipinski definition) is 1. The predicted octanol–water partition coefficient (Wildman–Crippen LogP) is 4.40. The van der Waals surface area contributed by atoms with Crippen molar-refractivity contribution in [2.24, 2.45) is 5.73 Å². The molecule has 0 aliphatic rings. The van der Waals surface area contributed by atoms with Gasteiger partial charge in [0.05, 0.1) is 0 Å². The van der Waals surface area contributed by atoms with Crippen LogP contribution in [0.15, 0.2) is 47.4 Å². The Balaban J connectivity index is 2.10. The van der Waals surface area contributed by atoms with Gasteiger partial charge in [0.2, 0.25) is 0 Å². The molecule has 19 heavy (non-hydrogen) atoms. The Kier molecular flexibility index (Phi) is 4.67. The first-order valence-corrected chi connectivity index (χ1v) is 7.57. The lowest BCUT2D eigenvalue weighted by Crippen LogP contribution is -2.16. The Morgan fingerprint density at radius 3 is 2.16 bits per heavy atom. The molecule has 2 aromatic carbocycles. The van der Waals surface area contributed by atoms with Gasteiger partial charge in [0, 0.05) is 16.7 Å². The zero-order chi connectivity index (χ0) is 13.8. The van der Waals surface area contributed by atoms with Crippen LogP contribution in [0.3, 0.4) is 0 Å². The minimum absolute atomic E-state index is 0.0887. The van der Waals surface area contributed by atoms with Gasteiger partial charge in [-0.1, -0.05) is 35.9 Å². The molecule has 0 spiro atoms. The standard InChI is InChI=1S/C17H21NS/c1-12-9-13(2)17(14(3)10-12)16(18)11-19-15-7-5-4-6-8-15/h4-10,16H,11,18H2,1-3H3. The van der Waals surface area contributed by atoms with Crippen LogP contribution in [0.25, 0.3) is 0 Å². The zero-order valence-corrected chi connectivity index (χ0v) is 12.6. The summed E-state index contributed by atoms with van der Waals surface area (Å²) in [5.74, 6) is 0.911.